The van der Waals surface area contributed by atoms with Crippen molar-refractivity contribution in [2.24, 2.45) is 0 Å². The van der Waals surface area contributed by atoms with Gasteiger partial charge in [0.15, 0.2) is 0 Å². The number of aromatic nitrogens is 1. The summed E-state index contributed by atoms with van der Waals surface area (Å²) in [6, 6.07) is 10.8. The Hall–Kier alpha value is -2.25. The molecular formula is C14H12ClN3O. The summed E-state index contributed by atoms with van der Waals surface area (Å²) in [7, 11) is 0. The van der Waals surface area contributed by atoms with Crippen molar-refractivity contribution < 1.29 is 4.74 Å². The van der Waals surface area contributed by atoms with Crippen molar-refractivity contribution in [3.63, 3.8) is 0 Å². The zero-order chi connectivity index (χ0) is 13.7. The van der Waals surface area contributed by atoms with Crippen molar-refractivity contribution >= 4 is 23.0 Å². The molecule has 0 spiro atoms. The summed E-state index contributed by atoms with van der Waals surface area (Å²) in [4.78, 5) is 4.14. The lowest BCUT2D eigenvalue weighted by atomic mass is 10.2. The van der Waals surface area contributed by atoms with Crippen LogP contribution in [0.15, 0.2) is 36.5 Å². The maximum absolute atomic E-state index is 9.03. The third-order valence-corrected chi connectivity index (χ3v) is 2.64. The van der Waals surface area contributed by atoms with E-state index in [0.717, 1.165) is 5.69 Å². The second kappa shape index (κ2) is 6.07. The lowest BCUT2D eigenvalue weighted by Crippen LogP contribution is -1.97. The molecule has 0 aliphatic heterocycles. The van der Waals surface area contributed by atoms with Crippen molar-refractivity contribution in [3.8, 4) is 11.9 Å². The molecule has 0 radical (unpaired) electrons. The van der Waals surface area contributed by atoms with Crippen LogP contribution >= 0.6 is 11.6 Å². The van der Waals surface area contributed by atoms with Gasteiger partial charge >= 0.3 is 0 Å². The minimum atomic E-state index is 0.526. The molecule has 0 amide bonds. The van der Waals surface area contributed by atoms with Gasteiger partial charge in [0.25, 0.3) is 0 Å². The van der Waals surface area contributed by atoms with E-state index in [-0.39, 0.29) is 0 Å². The summed E-state index contributed by atoms with van der Waals surface area (Å²) in [5.74, 6) is 0.569. The second-order valence-electron chi connectivity index (χ2n) is 3.74. The molecule has 19 heavy (non-hydrogen) atoms. The number of ether oxygens (including phenoxy) is 1. The first-order valence-corrected chi connectivity index (χ1v) is 6.16. The average Bonchev–Trinajstić information content (AvgIpc) is 2.42. The van der Waals surface area contributed by atoms with E-state index in [4.69, 9.17) is 21.6 Å². The Bertz CT molecular complexity index is 605. The van der Waals surface area contributed by atoms with Crippen LogP contribution in [0.4, 0.5) is 11.4 Å². The molecule has 0 unspecified atom stereocenters. The van der Waals surface area contributed by atoms with Crippen LogP contribution in [0, 0.1) is 11.3 Å². The molecule has 0 saturated carbocycles. The number of nitrogens with zero attached hydrogens (tertiary/aromatic N) is 2. The van der Waals surface area contributed by atoms with Crippen LogP contribution in [0.2, 0.25) is 5.02 Å². The minimum Gasteiger partial charge on any atom is -0.478 e. The molecule has 0 aliphatic carbocycles. The third-order valence-electron chi connectivity index (χ3n) is 2.41. The van der Waals surface area contributed by atoms with Gasteiger partial charge in [-0.15, -0.1) is 0 Å². The summed E-state index contributed by atoms with van der Waals surface area (Å²) in [5, 5.41) is 12.7. The van der Waals surface area contributed by atoms with Gasteiger partial charge in [0.2, 0.25) is 5.88 Å². The Kier molecular flexibility index (Phi) is 4.22. The molecule has 0 fully saturated rings. The van der Waals surface area contributed by atoms with Crippen LogP contribution in [-0.2, 0) is 0 Å². The molecular weight excluding hydrogens is 262 g/mol. The first kappa shape index (κ1) is 13.2. The van der Waals surface area contributed by atoms with Gasteiger partial charge in [0.05, 0.1) is 29.7 Å². The van der Waals surface area contributed by atoms with Gasteiger partial charge in [-0.2, -0.15) is 5.26 Å². The lowest BCUT2D eigenvalue weighted by molar-refractivity contribution is 0.327. The molecule has 0 atom stereocenters. The predicted molar refractivity (Wildman–Crippen MR) is 74.9 cm³/mol. The highest BCUT2D eigenvalue weighted by Crippen LogP contribution is 2.24. The second-order valence-corrected chi connectivity index (χ2v) is 4.18. The molecule has 96 valence electrons. The van der Waals surface area contributed by atoms with E-state index in [1.165, 1.54) is 0 Å². The quantitative estimate of drug-likeness (QED) is 0.922. The van der Waals surface area contributed by atoms with Crippen LogP contribution in [0.25, 0.3) is 0 Å². The predicted octanol–water partition coefficient (Wildman–Crippen LogP) is 3.75. The number of nitrogens with one attached hydrogen (secondary N) is 1. The number of halogens is 1. The molecule has 1 N–H and O–H groups in total. The summed E-state index contributed by atoms with van der Waals surface area (Å²) >= 11 is 5.92. The first-order valence-electron chi connectivity index (χ1n) is 5.78. The number of hydrogen-bond donors (Lipinski definition) is 1. The van der Waals surface area contributed by atoms with Crippen molar-refractivity contribution in [2.45, 2.75) is 6.92 Å². The van der Waals surface area contributed by atoms with Crippen LogP contribution < -0.4 is 10.1 Å². The zero-order valence-corrected chi connectivity index (χ0v) is 11.1. The van der Waals surface area contributed by atoms with E-state index in [1.54, 1.807) is 30.5 Å². The molecule has 2 rings (SSSR count). The van der Waals surface area contributed by atoms with Crippen LogP contribution in [-0.4, -0.2) is 11.6 Å². The Balaban J connectivity index is 2.21. The Morgan fingerprint density at radius 1 is 1.37 bits per heavy atom. The lowest BCUT2D eigenvalue weighted by Gasteiger charge is -2.09. The normalized spacial score (nSPS) is 9.74. The van der Waals surface area contributed by atoms with E-state index >= 15 is 0 Å². The molecule has 1 aromatic heterocycles. The van der Waals surface area contributed by atoms with E-state index in [9.17, 15) is 0 Å². The Morgan fingerprint density at radius 3 is 2.84 bits per heavy atom. The highest BCUT2D eigenvalue weighted by atomic mass is 35.5. The Labute approximate surface area is 116 Å². The van der Waals surface area contributed by atoms with Gasteiger partial charge in [-0.3, -0.25) is 0 Å². The van der Waals surface area contributed by atoms with Gasteiger partial charge in [0.1, 0.15) is 6.07 Å². The number of rotatable bonds is 4. The smallest absolute Gasteiger partial charge is 0.213 e. The van der Waals surface area contributed by atoms with Gasteiger partial charge in [-0.1, -0.05) is 11.6 Å². The monoisotopic (exact) mass is 273 g/mol. The molecule has 0 bridgehead atoms. The Morgan fingerprint density at radius 2 is 2.21 bits per heavy atom. The standard InChI is InChI=1S/C14H12ClN3O/c1-2-19-14-6-5-12(9-17-14)18-13-7-11(15)4-3-10(13)8-16/h3-7,9,18H,2H2,1H3. The number of benzene rings is 1. The maximum atomic E-state index is 9.03. The molecule has 2 aromatic rings. The van der Waals surface area contributed by atoms with Crippen molar-refractivity contribution in [2.75, 3.05) is 11.9 Å². The van der Waals surface area contributed by atoms with Gasteiger partial charge in [0, 0.05) is 11.1 Å². The number of pyridine rings is 1. The van der Waals surface area contributed by atoms with Gasteiger partial charge in [-0.05, 0) is 31.2 Å². The third kappa shape index (κ3) is 3.36. The first-order chi connectivity index (χ1) is 9.22. The molecule has 0 aliphatic rings. The van der Waals surface area contributed by atoms with E-state index < -0.39 is 0 Å². The van der Waals surface area contributed by atoms with E-state index in [0.29, 0.717) is 28.8 Å². The molecule has 5 heteroatoms. The van der Waals surface area contributed by atoms with Gasteiger partial charge < -0.3 is 10.1 Å². The van der Waals surface area contributed by atoms with E-state index in [1.807, 2.05) is 13.0 Å². The van der Waals surface area contributed by atoms with Crippen LogP contribution in [0.3, 0.4) is 0 Å². The summed E-state index contributed by atoms with van der Waals surface area (Å²) in [5.41, 5.74) is 1.95. The molecule has 0 saturated heterocycles. The van der Waals surface area contributed by atoms with Gasteiger partial charge in [-0.25, -0.2) is 4.98 Å². The fourth-order valence-corrected chi connectivity index (χ4v) is 1.73. The summed E-state index contributed by atoms with van der Waals surface area (Å²) in [6.07, 6.45) is 1.65. The summed E-state index contributed by atoms with van der Waals surface area (Å²) in [6.45, 7) is 2.48. The van der Waals surface area contributed by atoms with E-state index in [2.05, 4.69) is 16.4 Å². The molecule has 4 nitrogen and oxygen atoms in total. The molecule has 1 heterocycles. The van der Waals surface area contributed by atoms with Crippen LogP contribution in [0.5, 0.6) is 5.88 Å². The maximum Gasteiger partial charge on any atom is 0.213 e. The topological polar surface area (TPSA) is 57.9 Å². The SMILES string of the molecule is CCOc1ccc(Nc2cc(Cl)ccc2C#N)cn1. The van der Waals surface area contributed by atoms with Crippen LogP contribution in [0.1, 0.15) is 12.5 Å². The van der Waals surface area contributed by atoms with Crippen molar-refractivity contribution in [1.82, 2.24) is 4.98 Å². The highest BCUT2D eigenvalue weighted by molar-refractivity contribution is 6.30. The largest absolute Gasteiger partial charge is 0.478 e. The van der Waals surface area contributed by atoms with Crippen molar-refractivity contribution in [3.05, 3.63) is 47.1 Å². The minimum absolute atomic E-state index is 0.526. The average molecular weight is 274 g/mol. The molecule has 1 aromatic carbocycles. The highest BCUT2D eigenvalue weighted by Gasteiger charge is 2.04. The van der Waals surface area contributed by atoms with Crippen molar-refractivity contribution in [1.29, 1.82) is 5.26 Å². The number of hydrogen-bond acceptors (Lipinski definition) is 4. The zero-order valence-electron chi connectivity index (χ0n) is 10.4. The fourth-order valence-electron chi connectivity index (χ4n) is 1.56. The fraction of sp³-hybridized carbons (Fsp3) is 0.143. The summed E-state index contributed by atoms with van der Waals surface area (Å²) < 4.78 is 5.26. The number of nitriles is 1. The number of anilines is 2.